The van der Waals surface area contributed by atoms with Gasteiger partial charge < -0.3 is 0 Å². The highest BCUT2D eigenvalue weighted by Crippen LogP contribution is 2.64. The van der Waals surface area contributed by atoms with Crippen LogP contribution in [0.15, 0.2) is 0 Å². The molecule has 0 aromatic carbocycles. The second-order valence-electron chi connectivity index (χ2n) is 5.25. The first kappa shape index (κ1) is 8.93. The maximum atomic E-state index is 5.83. The van der Waals surface area contributed by atoms with E-state index >= 15 is 0 Å². The van der Waals surface area contributed by atoms with Crippen LogP contribution in [0.4, 0.5) is 0 Å². The van der Waals surface area contributed by atoms with E-state index in [-0.39, 0.29) is 0 Å². The quantitative estimate of drug-likeness (QED) is 0.547. The molecule has 1 radical (unpaired) electrons. The summed E-state index contributed by atoms with van der Waals surface area (Å²) in [5.74, 6) is 3.36. The monoisotopic (exact) mass is 183 g/mol. The highest BCUT2D eigenvalue weighted by atomic mass is 35.5. The van der Waals surface area contributed by atoms with Gasteiger partial charge in [-0.1, -0.05) is 27.2 Å². The van der Waals surface area contributed by atoms with Crippen LogP contribution in [0.2, 0.25) is 5.82 Å². The summed E-state index contributed by atoms with van der Waals surface area (Å²) in [6, 6.07) is 0. The first-order chi connectivity index (χ1) is 5.57. The Morgan fingerprint density at radius 1 is 1.33 bits per heavy atom. The van der Waals surface area contributed by atoms with Crippen LogP contribution in [0.1, 0.15) is 33.6 Å². The predicted molar refractivity (Wildman–Crippen MR) is 54.5 cm³/mol. The number of rotatable bonds is 1. The van der Waals surface area contributed by atoms with Crippen LogP contribution in [0.5, 0.6) is 0 Å². The van der Waals surface area contributed by atoms with E-state index in [4.69, 9.17) is 11.5 Å². The summed E-state index contributed by atoms with van der Waals surface area (Å²) in [4.78, 5) is 0. The minimum atomic E-state index is 0.607. The van der Waals surface area contributed by atoms with Gasteiger partial charge in [-0.25, -0.2) is 11.5 Å². The first-order valence-corrected chi connectivity index (χ1v) is 5.44. The molecule has 2 bridgehead atoms. The first-order valence-electron chi connectivity index (χ1n) is 5.01. The van der Waals surface area contributed by atoms with Crippen LogP contribution in [0.3, 0.4) is 0 Å². The average Bonchev–Trinajstić information content (AvgIpc) is 2.03. The molecule has 2 heteroatoms. The summed E-state index contributed by atoms with van der Waals surface area (Å²) < 4.78 is 0. The number of hydrogen-bond donors (Lipinski definition) is 0. The Morgan fingerprint density at radius 2 is 2.00 bits per heavy atom. The smallest absolute Gasteiger partial charge is 0.204 e. The second kappa shape index (κ2) is 2.67. The molecule has 0 nitrogen and oxygen atoms in total. The lowest BCUT2D eigenvalue weighted by atomic mass is 9.41. The molecule has 0 saturated heterocycles. The van der Waals surface area contributed by atoms with Gasteiger partial charge in [-0.15, -0.1) is 0 Å². The van der Waals surface area contributed by atoms with Crippen molar-refractivity contribution in [2.75, 3.05) is 0 Å². The molecule has 12 heavy (non-hydrogen) atoms. The summed E-state index contributed by atoms with van der Waals surface area (Å²) in [7, 11) is 0. The fourth-order valence-corrected chi connectivity index (χ4v) is 3.69. The summed E-state index contributed by atoms with van der Waals surface area (Å²) in [5, 5.41) is 0. The van der Waals surface area contributed by atoms with Gasteiger partial charge in [-0.05, 0) is 35.4 Å². The van der Waals surface area contributed by atoms with E-state index in [0.717, 1.165) is 17.8 Å². The Hall–Kier alpha value is 0.355. The molecular formula is C10H17BCl. The third-order valence-electron chi connectivity index (χ3n) is 4.57. The second-order valence-corrected chi connectivity index (χ2v) is 5.50. The van der Waals surface area contributed by atoms with Crippen molar-refractivity contribution in [1.82, 2.24) is 0 Å². The van der Waals surface area contributed by atoms with Crippen molar-refractivity contribution >= 4 is 18.2 Å². The number of halogens is 1. The van der Waals surface area contributed by atoms with E-state index in [9.17, 15) is 0 Å². The molecule has 3 rings (SSSR count). The minimum Gasteiger partial charge on any atom is -0.204 e. The zero-order valence-electron chi connectivity index (χ0n) is 8.18. The fourth-order valence-electron chi connectivity index (χ4n) is 3.36. The van der Waals surface area contributed by atoms with Crippen LogP contribution >= 0.6 is 11.5 Å². The maximum absolute atomic E-state index is 5.83. The molecule has 4 atom stereocenters. The number of fused-ring (bicyclic) bond motifs is 2. The van der Waals surface area contributed by atoms with Gasteiger partial charge in [0.2, 0.25) is 6.69 Å². The van der Waals surface area contributed by atoms with Crippen LogP contribution < -0.4 is 0 Å². The van der Waals surface area contributed by atoms with Gasteiger partial charge in [-0.2, -0.15) is 0 Å². The number of hydrogen-bond acceptors (Lipinski definition) is 0. The van der Waals surface area contributed by atoms with Gasteiger partial charge in [0.15, 0.2) is 0 Å². The lowest BCUT2D eigenvalue weighted by Gasteiger charge is -2.62. The van der Waals surface area contributed by atoms with E-state index in [1.54, 1.807) is 0 Å². The van der Waals surface area contributed by atoms with Gasteiger partial charge in [0.25, 0.3) is 0 Å². The normalized spacial score (nSPS) is 49.7. The van der Waals surface area contributed by atoms with Gasteiger partial charge in [0.1, 0.15) is 0 Å². The zero-order valence-corrected chi connectivity index (χ0v) is 8.93. The van der Waals surface area contributed by atoms with Gasteiger partial charge in [0, 0.05) is 0 Å². The van der Waals surface area contributed by atoms with Crippen molar-refractivity contribution in [2.24, 2.45) is 23.2 Å². The topological polar surface area (TPSA) is 0 Å². The Labute approximate surface area is 81.2 Å². The highest BCUT2D eigenvalue weighted by molar-refractivity contribution is 6.94. The molecule has 0 amide bonds. The molecule has 0 aromatic heterocycles. The molecule has 0 aliphatic heterocycles. The molecule has 3 saturated carbocycles. The zero-order chi connectivity index (χ0) is 8.93. The van der Waals surface area contributed by atoms with Crippen LogP contribution in [-0.4, -0.2) is 6.69 Å². The highest BCUT2D eigenvalue weighted by Gasteiger charge is 2.55. The van der Waals surface area contributed by atoms with Crippen molar-refractivity contribution in [3.63, 3.8) is 0 Å². The van der Waals surface area contributed by atoms with E-state index in [0.29, 0.717) is 11.2 Å². The van der Waals surface area contributed by atoms with Gasteiger partial charge >= 0.3 is 0 Å². The Balaban J connectivity index is 2.11. The summed E-state index contributed by atoms with van der Waals surface area (Å²) in [6.07, 6.45) is 2.78. The molecule has 0 unspecified atom stereocenters. The Morgan fingerprint density at radius 3 is 2.42 bits per heavy atom. The van der Waals surface area contributed by atoms with Gasteiger partial charge in [0.05, 0.1) is 0 Å². The standard InChI is InChI=1S/C10H17BCl/c1-6-8-4-7(10(8,2)3)5-9(6)11-12/h6-9H,4-5H2,1-3H3/t6-,7+,8-,9-/m1/s1. The molecule has 0 heterocycles. The maximum Gasteiger partial charge on any atom is 0.242 e. The minimum absolute atomic E-state index is 0.607. The molecule has 3 aliphatic rings. The van der Waals surface area contributed by atoms with Crippen molar-refractivity contribution in [2.45, 2.75) is 39.4 Å². The predicted octanol–water partition coefficient (Wildman–Crippen LogP) is 3.34. The summed E-state index contributed by atoms with van der Waals surface area (Å²) in [6.45, 7) is 9.12. The Kier molecular flexibility index (Phi) is 1.99. The van der Waals surface area contributed by atoms with Crippen LogP contribution in [0.25, 0.3) is 0 Å². The van der Waals surface area contributed by atoms with Crippen molar-refractivity contribution in [3.05, 3.63) is 0 Å². The third kappa shape index (κ3) is 0.983. The van der Waals surface area contributed by atoms with Crippen LogP contribution in [-0.2, 0) is 0 Å². The molecule has 3 aliphatic carbocycles. The summed E-state index contributed by atoms with van der Waals surface area (Å²) in [5.41, 5.74) is 0.607. The van der Waals surface area contributed by atoms with Crippen molar-refractivity contribution in [1.29, 1.82) is 0 Å². The SMILES string of the molecule is C[C@H]1[C@H]([B]Cl)C[C@@H]2C[C@H]1C2(C)C. The van der Waals surface area contributed by atoms with E-state index in [1.807, 2.05) is 6.69 Å². The van der Waals surface area contributed by atoms with Gasteiger partial charge in [-0.3, -0.25) is 0 Å². The third-order valence-corrected chi connectivity index (χ3v) is 4.90. The van der Waals surface area contributed by atoms with E-state index in [1.165, 1.54) is 12.8 Å². The van der Waals surface area contributed by atoms with E-state index < -0.39 is 0 Å². The van der Waals surface area contributed by atoms with Crippen molar-refractivity contribution in [3.8, 4) is 0 Å². The summed E-state index contributed by atoms with van der Waals surface area (Å²) >= 11 is 5.83. The van der Waals surface area contributed by atoms with Crippen LogP contribution in [0, 0.1) is 23.2 Å². The lowest BCUT2D eigenvalue weighted by molar-refractivity contribution is -0.0982. The van der Waals surface area contributed by atoms with E-state index in [2.05, 4.69) is 20.8 Å². The lowest BCUT2D eigenvalue weighted by Crippen LogP contribution is -2.54. The molecule has 0 N–H and O–H groups in total. The Bertz CT molecular complexity index is 190. The molecule has 0 spiro atoms. The fraction of sp³-hybridized carbons (Fsp3) is 1.00. The molecule has 3 fully saturated rings. The molecular weight excluding hydrogens is 166 g/mol. The average molecular weight is 184 g/mol. The van der Waals surface area contributed by atoms with Crippen molar-refractivity contribution < 1.29 is 0 Å². The largest absolute Gasteiger partial charge is 0.242 e. The molecule has 67 valence electrons. The molecule has 0 aromatic rings.